The molecule has 0 aromatic heterocycles. The maximum absolute atomic E-state index is 12.8. The van der Waals surface area contributed by atoms with Crippen LogP contribution in [-0.4, -0.2) is 62.7 Å². The second-order valence-corrected chi connectivity index (χ2v) is 9.67. The molecular weight excluding hydrogens is 418 g/mol. The first-order valence-electron chi connectivity index (χ1n) is 10.3. The lowest BCUT2D eigenvalue weighted by molar-refractivity contribution is 0.0796. The molecule has 2 aromatic rings. The van der Waals surface area contributed by atoms with E-state index in [2.05, 4.69) is 5.32 Å². The Bertz CT molecular complexity index is 1090. The van der Waals surface area contributed by atoms with Gasteiger partial charge < -0.3 is 15.0 Å². The van der Waals surface area contributed by atoms with E-state index in [-0.39, 0.29) is 10.8 Å². The smallest absolute Gasteiger partial charge is 0.257 e. The van der Waals surface area contributed by atoms with Gasteiger partial charge in [0.1, 0.15) is 12.4 Å². The number of piperidine rings is 1. The van der Waals surface area contributed by atoms with Crippen molar-refractivity contribution in [2.75, 3.05) is 38.6 Å². The predicted molar refractivity (Wildman–Crippen MR) is 116 cm³/mol. The minimum absolute atomic E-state index is 0.170. The molecule has 0 unspecified atom stereocenters. The molecule has 0 bridgehead atoms. The molecule has 8 nitrogen and oxygen atoms in total. The summed E-state index contributed by atoms with van der Waals surface area (Å²) in [7, 11) is -1.84. The van der Waals surface area contributed by atoms with Gasteiger partial charge in [-0.3, -0.25) is 9.59 Å². The van der Waals surface area contributed by atoms with Gasteiger partial charge in [0.2, 0.25) is 10.0 Å². The van der Waals surface area contributed by atoms with E-state index in [0.29, 0.717) is 48.8 Å². The fourth-order valence-corrected chi connectivity index (χ4v) is 5.25. The van der Waals surface area contributed by atoms with Crippen LogP contribution in [0, 0.1) is 0 Å². The van der Waals surface area contributed by atoms with Crippen LogP contribution in [0.5, 0.6) is 5.75 Å². The normalized spacial score (nSPS) is 17.5. The van der Waals surface area contributed by atoms with E-state index in [0.717, 1.165) is 19.3 Å². The highest BCUT2D eigenvalue weighted by atomic mass is 32.2. The molecule has 0 aliphatic carbocycles. The zero-order valence-electron chi connectivity index (χ0n) is 17.3. The third-order valence-electron chi connectivity index (χ3n) is 5.57. The number of carbonyl (C=O) groups is 2. The van der Waals surface area contributed by atoms with Crippen molar-refractivity contribution < 1.29 is 22.7 Å². The summed E-state index contributed by atoms with van der Waals surface area (Å²) < 4.78 is 32.6. The summed E-state index contributed by atoms with van der Waals surface area (Å²) in [5.74, 6) is -0.0762. The zero-order chi connectivity index (χ0) is 22.0. The number of nitrogens with one attached hydrogen (secondary N) is 1. The van der Waals surface area contributed by atoms with E-state index < -0.39 is 15.9 Å². The van der Waals surface area contributed by atoms with Gasteiger partial charge in [0, 0.05) is 31.4 Å². The number of sulfonamides is 1. The SMILES string of the molecule is CN1CCOc2ccc(NC(=O)c3ccc(S(=O)(=O)N4CCCCC4)cc3)cc2C1=O. The number of anilines is 1. The number of ether oxygens (including phenoxy) is 1. The van der Waals surface area contributed by atoms with E-state index in [1.165, 1.54) is 28.6 Å². The molecule has 0 radical (unpaired) electrons. The minimum atomic E-state index is -3.54. The Kier molecular flexibility index (Phi) is 5.97. The molecule has 2 aliphatic heterocycles. The number of hydrogen-bond donors (Lipinski definition) is 1. The zero-order valence-corrected chi connectivity index (χ0v) is 18.2. The first kappa shape index (κ1) is 21.3. The van der Waals surface area contributed by atoms with Crippen LogP contribution in [0.25, 0.3) is 0 Å². The van der Waals surface area contributed by atoms with E-state index in [9.17, 15) is 18.0 Å². The summed E-state index contributed by atoms with van der Waals surface area (Å²) in [4.78, 5) is 26.9. The molecule has 31 heavy (non-hydrogen) atoms. The average Bonchev–Trinajstić information content (AvgIpc) is 2.93. The minimum Gasteiger partial charge on any atom is -0.491 e. The standard InChI is InChI=1S/C22H25N3O5S/c1-24-13-14-30-20-10-7-17(15-19(20)22(24)27)23-21(26)16-5-8-18(9-6-16)31(28,29)25-11-3-2-4-12-25/h5-10,15H,2-4,11-14H2,1H3,(H,23,26). The Hall–Kier alpha value is -2.91. The van der Waals surface area contributed by atoms with Crippen molar-refractivity contribution in [2.24, 2.45) is 0 Å². The monoisotopic (exact) mass is 443 g/mol. The van der Waals surface area contributed by atoms with E-state index in [1.807, 2.05) is 0 Å². The lowest BCUT2D eigenvalue weighted by atomic mass is 10.1. The van der Waals surface area contributed by atoms with Crippen LogP contribution in [0.2, 0.25) is 0 Å². The molecule has 2 heterocycles. The largest absolute Gasteiger partial charge is 0.491 e. The highest BCUT2D eigenvalue weighted by Gasteiger charge is 2.26. The molecular formula is C22H25N3O5S. The molecule has 2 amide bonds. The van der Waals surface area contributed by atoms with Crippen molar-refractivity contribution in [3.63, 3.8) is 0 Å². The lowest BCUT2D eigenvalue weighted by Crippen LogP contribution is -2.35. The third kappa shape index (κ3) is 4.42. The van der Waals surface area contributed by atoms with Crippen LogP contribution >= 0.6 is 0 Å². The highest BCUT2D eigenvalue weighted by Crippen LogP contribution is 2.27. The number of benzene rings is 2. The first-order valence-corrected chi connectivity index (χ1v) is 11.7. The average molecular weight is 444 g/mol. The Labute approximate surface area is 181 Å². The highest BCUT2D eigenvalue weighted by molar-refractivity contribution is 7.89. The van der Waals surface area contributed by atoms with Crippen LogP contribution in [-0.2, 0) is 10.0 Å². The number of amides is 2. The molecule has 1 N–H and O–H groups in total. The summed E-state index contributed by atoms with van der Waals surface area (Å²) in [5, 5.41) is 2.76. The molecule has 1 saturated heterocycles. The molecule has 9 heteroatoms. The van der Waals surface area contributed by atoms with Crippen molar-refractivity contribution in [1.29, 1.82) is 0 Å². The summed E-state index contributed by atoms with van der Waals surface area (Å²) in [6.07, 6.45) is 2.77. The molecule has 1 fully saturated rings. The summed E-state index contributed by atoms with van der Waals surface area (Å²) in [6.45, 7) is 1.95. The molecule has 0 spiro atoms. The van der Waals surface area contributed by atoms with Gasteiger partial charge in [-0.1, -0.05) is 6.42 Å². The predicted octanol–water partition coefficient (Wildman–Crippen LogP) is 2.58. The Morgan fingerprint density at radius 3 is 2.42 bits per heavy atom. The van der Waals surface area contributed by atoms with Gasteiger partial charge in [-0.05, 0) is 55.3 Å². The van der Waals surface area contributed by atoms with Crippen molar-refractivity contribution in [1.82, 2.24) is 9.21 Å². The van der Waals surface area contributed by atoms with Crippen molar-refractivity contribution in [3.8, 4) is 5.75 Å². The maximum Gasteiger partial charge on any atom is 0.257 e. The van der Waals surface area contributed by atoms with Crippen LogP contribution in [0.3, 0.4) is 0 Å². The second kappa shape index (κ2) is 8.68. The Morgan fingerprint density at radius 1 is 1.00 bits per heavy atom. The fraction of sp³-hybridized carbons (Fsp3) is 0.364. The van der Waals surface area contributed by atoms with E-state index in [4.69, 9.17) is 4.74 Å². The quantitative estimate of drug-likeness (QED) is 0.784. The molecule has 164 valence electrons. The molecule has 0 saturated carbocycles. The lowest BCUT2D eigenvalue weighted by Gasteiger charge is -2.25. The van der Waals surface area contributed by atoms with Gasteiger partial charge in [0.25, 0.3) is 11.8 Å². The van der Waals surface area contributed by atoms with Gasteiger partial charge in [-0.15, -0.1) is 0 Å². The van der Waals surface area contributed by atoms with Crippen molar-refractivity contribution >= 4 is 27.5 Å². The van der Waals surface area contributed by atoms with Crippen LogP contribution < -0.4 is 10.1 Å². The van der Waals surface area contributed by atoms with Gasteiger partial charge in [-0.25, -0.2) is 8.42 Å². The van der Waals surface area contributed by atoms with Crippen molar-refractivity contribution in [2.45, 2.75) is 24.2 Å². The second-order valence-electron chi connectivity index (χ2n) is 7.73. The third-order valence-corrected chi connectivity index (χ3v) is 7.48. The van der Waals surface area contributed by atoms with Crippen molar-refractivity contribution in [3.05, 3.63) is 53.6 Å². The fourth-order valence-electron chi connectivity index (χ4n) is 3.74. The number of fused-ring (bicyclic) bond motifs is 1. The van der Waals surface area contributed by atoms with Crippen LogP contribution in [0.15, 0.2) is 47.4 Å². The first-order chi connectivity index (χ1) is 14.9. The Balaban J connectivity index is 1.49. The van der Waals surface area contributed by atoms with E-state index >= 15 is 0 Å². The molecule has 2 aliphatic rings. The number of nitrogens with zero attached hydrogens (tertiary/aromatic N) is 2. The summed E-state index contributed by atoms with van der Waals surface area (Å²) in [6, 6.07) is 10.8. The molecule has 2 aromatic carbocycles. The maximum atomic E-state index is 12.8. The number of carbonyl (C=O) groups excluding carboxylic acids is 2. The van der Waals surface area contributed by atoms with Gasteiger partial charge in [0.15, 0.2) is 0 Å². The van der Waals surface area contributed by atoms with Gasteiger partial charge in [0.05, 0.1) is 17.0 Å². The number of rotatable bonds is 4. The summed E-state index contributed by atoms with van der Waals surface area (Å²) in [5.41, 5.74) is 1.18. The molecule has 0 atom stereocenters. The van der Waals surface area contributed by atoms with Crippen LogP contribution in [0.4, 0.5) is 5.69 Å². The summed E-state index contributed by atoms with van der Waals surface area (Å²) >= 11 is 0. The van der Waals surface area contributed by atoms with Gasteiger partial charge >= 0.3 is 0 Å². The topological polar surface area (TPSA) is 96.0 Å². The molecule has 4 rings (SSSR count). The number of hydrogen-bond acceptors (Lipinski definition) is 5. The Morgan fingerprint density at radius 2 is 1.71 bits per heavy atom. The van der Waals surface area contributed by atoms with Crippen LogP contribution in [0.1, 0.15) is 40.0 Å². The van der Waals surface area contributed by atoms with Gasteiger partial charge in [-0.2, -0.15) is 4.31 Å². The number of likely N-dealkylation sites (N-methyl/N-ethyl adjacent to an activating group) is 1. The van der Waals surface area contributed by atoms with E-state index in [1.54, 1.807) is 30.1 Å².